The largest absolute Gasteiger partial charge is 0.503 e. The van der Waals surface area contributed by atoms with E-state index in [1.54, 1.807) is 37.5 Å². The lowest BCUT2D eigenvalue weighted by Gasteiger charge is -2.24. The number of pyridine rings is 1. The van der Waals surface area contributed by atoms with Crippen LogP contribution in [0.3, 0.4) is 0 Å². The van der Waals surface area contributed by atoms with Gasteiger partial charge >= 0.3 is 0 Å². The summed E-state index contributed by atoms with van der Waals surface area (Å²) < 4.78 is 0.838. The van der Waals surface area contributed by atoms with Crippen LogP contribution in [0.5, 0.6) is 0 Å². The maximum Gasteiger partial charge on any atom is 0.296 e. The van der Waals surface area contributed by atoms with Crippen LogP contribution in [0.15, 0.2) is 78.3 Å². The topological polar surface area (TPSA) is 96.3 Å². The van der Waals surface area contributed by atoms with Crippen LogP contribution in [0.2, 0.25) is 5.02 Å². The summed E-state index contributed by atoms with van der Waals surface area (Å²) >= 11 is 8.83. The highest BCUT2D eigenvalue weighted by molar-refractivity contribution is 7.22. The van der Waals surface area contributed by atoms with Gasteiger partial charge in [-0.2, -0.15) is 0 Å². The van der Waals surface area contributed by atoms with Gasteiger partial charge in [0.2, 0.25) is 5.78 Å². The lowest BCUT2D eigenvalue weighted by molar-refractivity contribution is -0.117. The van der Waals surface area contributed by atoms with Crippen molar-refractivity contribution >= 4 is 61.3 Å². The third-order valence-electron chi connectivity index (χ3n) is 6.34. The molecule has 0 radical (unpaired) electrons. The summed E-state index contributed by atoms with van der Waals surface area (Å²) in [4.78, 5) is 42.7. The van der Waals surface area contributed by atoms with Crippen LogP contribution >= 0.6 is 34.3 Å². The van der Waals surface area contributed by atoms with Crippen LogP contribution in [0.4, 0.5) is 5.13 Å². The zero-order valence-corrected chi connectivity index (χ0v) is 22.6. The molecular weight excluding hydrogens is 540 g/mol. The highest BCUT2D eigenvalue weighted by Gasteiger charge is 2.46. The molecule has 1 aliphatic heterocycles. The van der Waals surface area contributed by atoms with Crippen LogP contribution in [0.1, 0.15) is 32.5 Å². The number of fused-ring (bicyclic) bond motifs is 1. The van der Waals surface area contributed by atoms with Gasteiger partial charge in [-0.05, 0) is 43.2 Å². The number of benzene rings is 2. The number of ketones is 1. The fraction of sp³-hybridized carbons (Fsp3) is 0.107. The highest BCUT2D eigenvalue weighted by Crippen LogP contribution is 2.45. The van der Waals surface area contributed by atoms with Crippen molar-refractivity contribution in [3.63, 3.8) is 0 Å². The van der Waals surface area contributed by atoms with Gasteiger partial charge in [0.15, 0.2) is 10.9 Å². The van der Waals surface area contributed by atoms with Crippen LogP contribution < -0.4 is 4.90 Å². The summed E-state index contributed by atoms with van der Waals surface area (Å²) in [6, 6.07) is 15.8. The number of aryl methyl sites for hydroxylation is 2. The Bertz CT molecular complexity index is 1720. The molecule has 7 nitrogen and oxygen atoms in total. The Morgan fingerprint density at radius 3 is 2.58 bits per heavy atom. The van der Waals surface area contributed by atoms with Gasteiger partial charge in [0.1, 0.15) is 5.01 Å². The Hall–Kier alpha value is -3.92. The van der Waals surface area contributed by atoms with E-state index in [4.69, 9.17) is 11.6 Å². The molecule has 0 saturated heterocycles. The van der Waals surface area contributed by atoms with Crippen molar-refractivity contribution in [1.29, 1.82) is 0 Å². The van der Waals surface area contributed by atoms with E-state index in [-0.39, 0.29) is 5.57 Å². The third-order valence-corrected chi connectivity index (χ3v) is 8.97. The first kappa shape index (κ1) is 24.4. The van der Waals surface area contributed by atoms with Crippen molar-refractivity contribution in [3.05, 3.63) is 105 Å². The van der Waals surface area contributed by atoms with E-state index >= 15 is 0 Å². The molecule has 188 valence electrons. The number of carbonyl (C=O) groups excluding carboxylic acids is 2. The number of rotatable bonds is 5. The lowest BCUT2D eigenvalue weighted by atomic mass is 9.96. The van der Waals surface area contributed by atoms with Crippen LogP contribution in [-0.2, 0) is 4.79 Å². The maximum absolute atomic E-state index is 14.0. The predicted octanol–water partition coefficient (Wildman–Crippen LogP) is 6.87. The quantitative estimate of drug-likeness (QED) is 0.236. The van der Waals surface area contributed by atoms with E-state index in [0.29, 0.717) is 36.8 Å². The number of halogens is 1. The van der Waals surface area contributed by atoms with Gasteiger partial charge in [-0.1, -0.05) is 59.3 Å². The molecule has 10 heteroatoms. The molecule has 1 atom stereocenters. The first-order chi connectivity index (χ1) is 18.3. The molecule has 0 fully saturated rings. The second kappa shape index (κ2) is 9.43. The van der Waals surface area contributed by atoms with Crippen molar-refractivity contribution in [1.82, 2.24) is 15.0 Å². The fourth-order valence-electron chi connectivity index (χ4n) is 4.46. The van der Waals surface area contributed by atoms with E-state index in [0.717, 1.165) is 15.8 Å². The Morgan fingerprint density at radius 1 is 1.05 bits per heavy atom. The normalized spacial score (nSPS) is 15.6. The van der Waals surface area contributed by atoms with Gasteiger partial charge in [-0.15, -0.1) is 11.3 Å². The minimum absolute atomic E-state index is 0.0252. The van der Waals surface area contributed by atoms with Crippen molar-refractivity contribution < 1.29 is 14.7 Å². The summed E-state index contributed by atoms with van der Waals surface area (Å²) in [6.45, 7) is 3.65. The second-order valence-corrected chi connectivity index (χ2v) is 11.2. The summed E-state index contributed by atoms with van der Waals surface area (Å²) in [5.74, 6) is -1.76. The molecule has 6 rings (SSSR count). The van der Waals surface area contributed by atoms with Gasteiger partial charge in [0.05, 0.1) is 32.4 Å². The SMILES string of the molecule is Cc1cc2sc(N3C(=O)C(O)=C(C(=O)c4sc(-c5ccccc5)nc4C)C3c3cccnc3)nc2cc1Cl. The number of amides is 1. The number of aliphatic hydroxyl groups excluding tert-OH is 1. The first-order valence-corrected chi connectivity index (χ1v) is 13.7. The smallest absolute Gasteiger partial charge is 0.296 e. The molecule has 1 aliphatic rings. The molecule has 3 aromatic heterocycles. The molecule has 0 spiro atoms. The number of anilines is 1. The Kier molecular flexibility index (Phi) is 6.06. The summed E-state index contributed by atoms with van der Waals surface area (Å²) in [6.07, 6.45) is 3.19. The van der Waals surface area contributed by atoms with Gasteiger partial charge < -0.3 is 5.11 Å². The molecule has 0 aliphatic carbocycles. The molecular formula is C28H19ClN4O3S2. The summed E-state index contributed by atoms with van der Waals surface area (Å²) in [5.41, 5.74) is 3.48. The van der Waals surface area contributed by atoms with E-state index in [1.165, 1.54) is 27.6 Å². The summed E-state index contributed by atoms with van der Waals surface area (Å²) in [7, 11) is 0. The number of carbonyl (C=O) groups is 2. The maximum atomic E-state index is 14.0. The number of aliphatic hydroxyl groups is 1. The van der Waals surface area contributed by atoms with Gasteiger partial charge in [-0.25, -0.2) is 9.97 Å². The predicted molar refractivity (Wildman–Crippen MR) is 150 cm³/mol. The van der Waals surface area contributed by atoms with E-state index in [2.05, 4.69) is 15.0 Å². The van der Waals surface area contributed by atoms with Crippen LogP contribution in [0, 0.1) is 13.8 Å². The average molecular weight is 559 g/mol. The number of hydrogen-bond acceptors (Lipinski definition) is 8. The zero-order chi connectivity index (χ0) is 26.6. The number of Topliss-reactive ketones (excluding diaryl/α,β-unsaturated/α-hetero) is 1. The number of thiazole rings is 2. The number of nitrogens with zero attached hydrogens (tertiary/aromatic N) is 4. The molecule has 1 unspecified atom stereocenters. The molecule has 4 heterocycles. The average Bonchev–Trinajstić information content (AvgIpc) is 3.59. The summed E-state index contributed by atoms with van der Waals surface area (Å²) in [5, 5.41) is 12.7. The molecule has 38 heavy (non-hydrogen) atoms. The first-order valence-electron chi connectivity index (χ1n) is 11.6. The highest BCUT2D eigenvalue weighted by atomic mass is 35.5. The number of hydrogen-bond donors (Lipinski definition) is 1. The van der Waals surface area contributed by atoms with Crippen molar-refractivity contribution in [2.45, 2.75) is 19.9 Å². The molecule has 1 amide bonds. The molecule has 2 aromatic carbocycles. The van der Waals surface area contributed by atoms with Crippen molar-refractivity contribution in [2.75, 3.05) is 4.90 Å². The van der Waals surface area contributed by atoms with E-state index in [1.807, 2.05) is 43.3 Å². The fourth-order valence-corrected chi connectivity index (χ4v) is 6.72. The third kappa shape index (κ3) is 3.99. The Labute approximate surface area is 230 Å². The zero-order valence-electron chi connectivity index (χ0n) is 20.2. The van der Waals surface area contributed by atoms with Gasteiger partial charge in [0.25, 0.3) is 5.91 Å². The Morgan fingerprint density at radius 2 is 1.84 bits per heavy atom. The lowest BCUT2D eigenvalue weighted by Crippen LogP contribution is -2.31. The number of aromatic nitrogens is 3. The standard InChI is InChI=1S/C28H19ClN4O3S2/c1-14-11-20-19(12-18(14)29)32-28(37-20)33-22(17-9-6-10-30-13-17)21(24(35)27(33)36)23(34)25-15(2)31-26(38-25)16-7-4-3-5-8-16/h3-13,22,35H,1-2H3. The minimum Gasteiger partial charge on any atom is -0.503 e. The van der Waals surface area contributed by atoms with Crippen LogP contribution in [0.25, 0.3) is 20.8 Å². The monoisotopic (exact) mass is 558 g/mol. The van der Waals surface area contributed by atoms with Gasteiger partial charge in [0, 0.05) is 23.0 Å². The van der Waals surface area contributed by atoms with E-state index in [9.17, 15) is 14.7 Å². The van der Waals surface area contributed by atoms with Gasteiger partial charge in [-0.3, -0.25) is 19.5 Å². The Balaban J connectivity index is 1.48. The molecule has 5 aromatic rings. The molecule has 0 saturated carbocycles. The van der Waals surface area contributed by atoms with Crippen molar-refractivity contribution in [3.8, 4) is 10.6 Å². The van der Waals surface area contributed by atoms with Crippen LogP contribution in [-0.4, -0.2) is 31.7 Å². The molecule has 1 N–H and O–H groups in total. The second-order valence-electron chi connectivity index (χ2n) is 8.82. The van der Waals surface area contributed by atoms with E-state index < -0.39 is 23.5 Å². The van der Waals surface area contributed by atoms with Crippen molar-refractivity contribution in [2.24, 2.45) is 0 Å². The minimum atomic E-state index is -0.914. The molecule has 0 bridgehead atoms.